The van der Waals surface area contributed by atoms with Crippen molar-refractivity contribution in [3.05, 3.63) is 58.1 Å². The summed E-state index contributed by atoms with van der Waals surface area (Å²) in [6.07, 6.45) is 1.88. The van der Waals surface area contributed by atoms with Crippen LogP contribution in [0.2, 0.25) is 5.02 Å². The highest BCUT2D eigenvalue weighted by molar-refractivity contribution is 6.30. The summed E-state index contributed by atoms with van der Waals surface area (Å²) in [6.45, 7) is 3.26. The van der Waals surface area contributed by atoms with Gasteiger partial charge in [-0.1, -0.05) is 30.7 Å². The van der Waals surface area contributed by atoms with E-state index >= 15 is 0 Å². The minimum atomic E-state index is 0.380. The summed E-state index contributed by atoms with van der Waals surface area (Å²) in [5, 5.41) is 3.83. The van der Waals surface area contributed by atoms with Crippen LogP contribution in [-0.4, -0.2) is 12.6 Å². The van der Waals surface area contributed by atoms with Crippen molar-refractivity contribution in [2.75, 3.05) is 11.9 Å². The van der Waals surface area contributed by atoms with Crippen molar-refractivity contribution in [2.45, 2.75) is 26.3 Å². The van der Waals surface area contributed by atoms with Gasteiger partial charge < -0.3 is 15.8 Å². The zero-order chi connectivity index (χ0) is 16.2. The molecular weight excluding hydrogens is 310 g/mol. The number of benzene rings is 2. The van der Waals surface area contributed by atoms with Crippen LogP contribution in [0.15, 0.2) is 41.4 Å². The van der Waals surface area contributed by atoms with Crippen molar-refractivity contribution in [1.82, 2.24) is 0 Å². The van der Waals surface area contributed by atoms with E-state index in [4.69, 9.17) is 22.1 Å². The van der Waals surface area contributed by atoms with Crippen molar-refractivity contribution in [3.8, 4) is 5.75 Å². The largest absolute Gasteiger partial charge is 0.493 e. The number of nitrogens with zero attached hydrogens (tertiary/aromatic N) is 1. The van der Waals surface area contributed by atoms with Crippen LogP contribution in [-0.2, 0) is 19.4 Å². The molecule has 0 radical (unpaired) electrons. The fraction of sp³-hybridized carbons (Fsp3) is 0.278. The van der Waals surface area contributed by atoms with Gasteiger partial charge in [0.15, 0.2) is 5.96 Å². The third-order valence-electron chi connectivity index (χ3n) is 3.85. The first-order valence-corrected chi connectivity index (χ1v) is 8.13. The second kappa shape index (κ2) is 6.92. The number of fused-ring (bicyclic) bond motifs is 1. The molecule has 0 atom stereocenters. The summed E-state index contributed by atoms with van der Waals surface area (Å²) >= 11 is 6.16. The first kappa shape index (κ1) is 15.7. The number of hydrogen-bond acceptors (Lipinski definition) is 2. The molecule has 5 heteroatoms. The molecule has 2 aromatic carbocycles. The molecule has 0 amide bonds. The topological polar surface area (TPSA) is 59.6 Å². The number of anilines is 1. The standard InChI is InChI=1S/C18H20ClN3O/c1-2-12-4-3-5-16(8-12)22-18(20)21-11-14-10-15(19)9-13-6-7-23-17(13)14/h3-5,8-10H,2,6-7,11H2,1H3,(H3,20,21,22). The number of halogens is 1. The van der Waals surface area contributed by atoms with Crippen LogP contribution in [0.25, 0.3) is 0 Å². The van der Waals surface area contributed by atoms with Crippen molar-refractivity contribution in [1.29, 1.82) is 0 Å². The molecule has 0 saturated heterocycles. The molecule has 120 valence electrons. The Morgan fingerprint density at radius 1 is 1.35 bits per heavy atom. The number of rotatable bonds is 4. The number of ether oxygens (including phenoxy) is 1. The lowest BCUT2D eigenvalue weighted by Gasteiger charge is -2.09. The Kier molecular flexibility index (Phi) is 4.72. The van der Waals surface area contributed by atoms with Crippen molar-refractivity contribution >= 4 is 23.2 Å². The van der Waals surface area contributed by atoms with Crippen LogP contribution >= 0.6 is 11.6 Å². The van der Waals surface area contributed by atoms with Gasteiger partial charge in [0.1, 0.15) is 5.75 Å². The Morgan fingerprint density at radius 2 is 2.22 bits per heavy atom. The maximum absolute atomic E-state index is 6.16. The molecule has 0 bridgehead atoms. The SMILES string of the molecule is CCc1cccc(NC(N)=NCc2cc(Cl)cc3c2OCC3)c1. The minimum Gasteiger partial charge on any atom is -0.493 e. The van der Waals surface area contributed by atoms with Crippen LogP contribution in [0, 0.1) is 0 Å². The van der Waals surface area contributed by atoms with Gasteiger partial charge in [-0.15, -0.1) is 0 Å². The van der Waals surface area contributed by atoms with Crippen molar-refractivity contribution in [2.24, 2.45) is 10.7 Å². The van der Waals surface area contributed by atoms with Crippen LogP contribution in [0.4, 0.5) is 5.69 Å². The molecule has 3 rings (SSSR count). The van der Waals surface area contributed by atoms with E-state index in [1.165, 1.54) is 5.56 Å². The highest BCUT2D eigenvalue weighted by atomic mass is 35.5. The molecule has 2 aromatic rings. The van der Waals surface area contributed by atoms with Gasteiger partial charge >= 0.3 is 0 Å². The molecule has 0 aliphatic carbocycles. The maximum atomic E-state index is 6.16. The van der Waals surface area contributed by atoms with Gasteiger partial charge in [-0.05, 0) is 41.8 Å². The summed E-state index contributed by atoms with van der Waals surface area (Å²) in [7, 11) is 0. The predicted octanol–water partition coefficient (Wildman–Crippen LogP) is 3.76. The molecule has 23 heavy (non-hydrogen) atoms. The fourth-order valence-corrected chi connectivity index (χ4v) is 2.95. The van der Waals surface area contributed by atoms with Crippen LogP contribution < -0.4 is 15.8 Å². The van der Waals surface area contributed by atoms with Gasteiger partial charge in [0.05, 0.1) is 13.2 Å². The van der Waals surface area contributed by atoms with Crippen molar-refractivity contribution in [3.63, 3.8) is 0 Å². The average molecular weight is 330 g/mol. The van der Waals surface area contributed by atoms with Gasteiger partial charge in [-0.3, -0.25) is 0 Å². The first-order chi connectivity index (χ1) is 11.2. The Morgan fingerprint density at radius 3 is 3.04 bits per heavy atom. The van der Waals surface area contributed by atoms with E-state index in [0.29, 0.717) is 24.1 Å². The van der Waals surface area contributed by atoms with Crippen LogP contribution in [0.3, 0.4) is 0 Å². The first-order valence-electron chi connectivity index (χ1n) is 7.75. The summed E-state index contributed by atoms with van der Waals surface area (Å²) in [4.78, 5) is 4.41. The molecule has 0 saturated carbocycles. The smallest absolute Gasteiger partial charge is 0.193 e. The molecule has 0 fully saturated rings. The quantitative estimate of drug-likeness (QED) is 0.663. The number of nitrogens with two attached hydrogens (primary N) is 1. The number of guanidine groups is 1. The van der Waals surface area contributed by atoms with Crippen molar-refractivity contribution < 1.29 is 4.74 Å². The Hall–Kier alpha value is -2.20. The number of aryl methyl sites for hydroxylation is 1. The lowest BCUT2D eigenvalue weighted by atomic mass is 10.1. The summed E-state index contributed by atoms with van der Waals surface area (Å²) in [5.74, 6) is 1.28. The maximum Gasteiger partial charge on any atom is 0.193 e. The van der Waals surface area contributed by atoms with Gasteiger partial charge in [-0.25, -0.2) is 4.99 Å². The van der Waals surface area contributed by atoms with Gasteiger partial charge in [0, 0.05) is 22.7 Å². The molecule has 3 N–H and O–H groups in total. The third kappa shape index (κ3) is 3.77. The summed E-state index contributed by atoms with van der Waals surface area (Å²) in [6, 6.07) is 12.0. The fourth-order valence-electron chi connectivity index (χ4n) is 2.69. The summed E-state index contributed by atoms with van der Waals surface area (Å²) in [5.41, 5.74) is 10.3. The lowest BCUT2D eigenvalue weighted by molar-refractivity contribution is 0.353. The molecule has 1 aliphatic rings. The highest BCUT2D eigenvalue weighted by Gasteiger charge is 2.17. The molecule has 0 aromatic heterocycles. The monoisotopic (exact) mass is 329 g/mol. The zero-order valence-electron chi connectivity index (χ0n) is 13.1. The molecule has 1 aliphatic heterocycles. The van der Waals surface area contributed by atoms with E-state index in [2.05, 4.69) is 29.4 Å². The Bertz CT molecular complexity index is 743. The predicted molar refractivity (Wildman–Crippen MR) is 95.4 cm³/mol. The summed E-state index contributed by atoms with van der Waals surface area (Å²) < 4.78 is 5.68. The highest BCUT2D eigenvalue weighted by Crippen LogP contribution is 2.33. The lowest BCUT2D eigenvalue weighted by Crippen LogP contribution is -2.22. The van der Waals surface area contributed by atoms with E-state index < -0.39 is 0 Å². The Labute approximate surface area is 141 Å². The molecular formula is C18H20ClN3O. The van der Waals surface area contributed by atoms with Gasteiger partial charge in [0.2, 0.25) is 0 Å². The average Bonchev–Trinajstić information content (AvgIpc) is 3.01. The zero-order valence-corrected chi connectivity index (χ0v) is 13.9. The normalized spacial score (nSPS) is 13.6. The van der Waals surface area contributed by atoms with E-state index in [9.17, 15) is 0 Å². The van der Waals surface area contributed by atoms with E-state index in [1.807, 2.05) is 24.3 Å². The molecule has 0 spiro atoms. The molecule has 0 unspecified atom stereocenters. The number of aliphatic imine (C=N–C) groups is 1. The van der Waals surface area contributed by atoms with E-state index in [1.54, 1.807) is 0 Å². The van der Waals surface area contributed by atoms with E-state index in [-0.39, 0.29) is 0 Å². The van der Waals surface area contributed by atoms with E-state index in [0.717, 1.165) is 35.4 Å². The number of hydrogen-bond donors (Lipinski definition) is 2. The van der Waals surface area contributed by atoms with Crippen LogP contribution in [0.1, 0.15) is 23.6 Å². The molecule has 4 nitrogen and oxygen atoms in total. The van der Waals surface area contributed by atoms with Gasteiger partial charge in [-0.2, -0.15) is 0 Å². The van der Waals surface area contributed by atoms with Gasteiger partial charge in [0.25, 0.3) is 0 Å². The number of nitrogens with one attached hydrogen (secondary N) is 1. The minimum absolute atomic E-state index is 0.380. The second-order valence-corrected chi connectivity index (χ2v) is 5.97. The third-order valence-corrected chi connectivity index (χ3v) is 4.07. The second-order valence-electron chi connectivity index (χ2n) is 5.53. The molecule has 1 heterocycles. The Balaban J connectivity index is 1.72. The van der Waals surface area contributed by atoms with Crippen LogP contribution in [0.5, 0.6) is 5.75 Å².